The van der Waals surface area contributed by atoms with Crippen LogP contribution in [0.5, 0.6) is 23.0 Å². The van der Waals surface area contributed by atoms with Crippen molar-refractivity contribution in [2.24, 2.45) is 0 Å². The molecule has 0 saturated carbocycles. The second-order valence-electron chi connectivity index (χ2n) is 9.69. The summed E-state index contributed by atoms with van der Waals surface area (Å²) in [6.45, 7) is 7.73. The van der Waals surface area contributed by atoms with E-state index in [0.717, 1.165) is 11.1 Å². The maximum Gasteiger partial charge on any atom is 0.265 e. The molecule has 0 spiro atoms. The van der Waals surface area contributed by atoms with Gasteiger partial charge in [-0.25, -0.2) is 0 Å². The average molecular weight is 553 g/mol. The lowest BCUT2D eigenvalue weighted by molar-refractivity contribution is -0.123. The fourth-order valence-corrected chi connectivity index (χ4v) is 4.12. The van der Waals surface area contributed by atoms with Crippen molar-refractivity contribution in [1.82, 2.24) is 0 Å². The Hall–Kier alpha value is -4.78. The van der Waals surface area contributed by atoms with Gasteiger partial charge in [0, 0.05) is 11.4 Å². The lowest BCUT2D eigenvalue weighted by atomic mass is 10.2. The summed E-state index contributed by atoms with van der Waals surface area (Å²) in [5.41, 5.74) is 3.25. The van der Waals surface area contributed by atoms with E-state index in [1.54, 1.807) is 48.5 Å². The number of aryl methyl sites for hydroxylation is 2. The Morgan fingerprint density at radius 1 is 0.585 bits per heavy atom. The number of amides is 2. The summed E-state index contributed by atoms with van der Waals surface area (Å²) >= 11 is 0. The number of nitrogens with one attached hydrogen (secondary N) is 2. The van der Waals surface area contributed by atoms with Crippen molar-refractivity contribution in [3.63, 3.8) is 0 Å². The quantitative estimate of drug-likeness (QED) is 0.188. The Kier molecular flexibility index (Phi) is 9.99. The van der Waals surface area contributed by atoms with E-state index in [0.29, 0.717) is 47.2 Å². The molecule has 0 aliphatic heterocycles. The van der Waals surface area contributed by atoms with Crippen molar-refractivity contribution in [3.05, 3.63) is 108 Å². The highest BCUT2D eigenvalue weighted by atomic mass is 16.5. The number of hydrogen-bond acceptors (Lipinski definition) is 5. The predicted octanol–water partition coefficient (Wildman–Crippen LogP) is 7.69. The molecule has 0 bridgehead atoms. The van der Waals surface area contributed by atoms with E-state index < -0.39 is 12.2 Å². The summed E-state index contributed by atoms with van der Waals surface area (Å²) in [4.78, 5) is 25.6. The van der Waals surface area contributed by atoms with Crippen LogP contribution in [0, 0.1) is 13.8 Å². The van der Waals surface area contributed by atoms with Crippen LogP contribution in [0.1, 0.15) is 37.8 Å². The molecular weight excluding hydrogens is 516 g/mol. The van der Waals surface area contributed by atoms with E-state index in [-0.39, 0.29) is 11.8 Å². The van der Waals surface area contributed by atoms with Gasteiger partial charge in [-0.05, 0) is 98.5 Å². The topological polar surface area (TPSA) is 85.9 Å². The maximum atomic E-state index is 12.8. The van der Waals surface area contributed by atoms with Gasteiger partial charge in [0.1, 0.15) is 23.0 Å². The van der Waals surface area contributed by atoms with Crippen molar-refractivity contribution in [2.75, 3.05) is 10.6 Å². The van der Waals surface area contributed by atoms with Gasteiger partial charge in [0.15, 0.2) is 12.2 Å². The van der Waals surface area contributed by atoms with E-state index in [2.05, 4.69) is 10.6 Å². The van der Waals surface area contributed by atoms with Gasteiger partial charge in [-0.15, -0.1) is 0 Å². The molecule has 212 valence electrons. The highest BCUT2D eigenvalue weighted by Crippen LogP contribution is 2.26. The first-order chi connectivity index (χ1) is 19.9. The van der Waals surface area contributed by atoms with Gasteiger partial charge in [-0.1, -0.05) is 50.2 Å². The average Bonchev–Trinajstić information content (AvgIpc) is 2.98. The molecule has 0 saturated heterocycles. The number of hydrogen-bond donors (Lipinski definition) is 2. The van der Waals surface area contributed by atoms with E-state index >= 15 is 0 Å². The zero-order chi connectivity index (χ0) is 29.2. The van der Waals surface area contributed by atoms with Gasteiger partial charge in [0.05, 0.1) is 0 Å². The number of benzene rings is 4. The first-order valence-electron chi connectivity index (χ1n) is 13.8. The molecule has 2 unspecified atom stereocenters. The molecule has 4 rings (SSSR count). The fraction of sp³-hybridized carbons (Fsp3) is 0.235. The van der Waals surface area contributed by atoms with E-state index in [1.165, 1.54) is 0 Å². The minimum atomic E-state index is -0.604. The molecule has 0 aliphatic carbocycles. The third-order valence-corrected chi connectivity index (χ3v) is 6.53. The van der Waals surface area contributed by atoms with Crippen molar-refractivity contribution in [1.29, 1.82) is 0 Å². The molecule has 2 amide bonds. The Labute approximate surface area is 241 Å². The summed E-state index contributed by atoms with van der Waals surface area (Å²) < 4.78 is 17.8. The minimum Gasteiger partial charge on any atom is -0.480 e. The smallest absolute Gasteiger partial charge is 0.265 e. The van der Waals surface area contributed by atoms with Crippen LogP contribution < -0.4 is 24.8 Å². The van der Waals surface area contributed by atoms with Crippen molar-refractivity contribution >= 4 is 23.2 Å². The van der Waals surface area contributed by atoms with Crippen molar-refractivity contribution in [2.45, 2.75) is 52.7 Å². The summed E-state index contributed by atoms with van der Waals surface area (Å²) in [5.74, 6) is 2.20. The van der Waals surface area contributed by atoms with Gasteiger partial charge in [-0.2, -0.15) is 0 Å². The molecule has 7 nitrogen and oxygen atoms in total. The number of ether oxygens (including phenoxy) is 3. The first kappa shape index (κ1) is 29.2. The molecule has 4 aromatic rings. The fourth-order valence-electron chi connectivity index (χ4n) is 4.12. The SMILES string of the molecule is CCC(Oc1ccccc1C)C(=O)Nc1ccc(Oc2ccc(NC(=O)C(CC)Oc3ccccc3C)cc2)cc1. The molecule has 0 aromatic heterocycles. The number of carbonyl (C=O) groups excluding carboxylic acids is 2. The Balaban J connectivity index is 1.30. The third-order valence-electron chi connectivity index (χ3n) is 6.53. The summed E-state index contributed by atoms with van der Waals surface area (Å²) in [5, 5.41) is 5.82. The second-order valence-corrected chi connectivity index (χ2v) is 9.69. The minimum absolute atomic E-state index is 0.211. The van der Waals surface area contributed by atoms with Crippen LogP contribution >= 0.6 is 0 Å². The van der Waals surface area contributed by atoms with E-state index in [1.807, 2.05) is 76.2 Å². The number of para-hydroxylation sites is 2. The zero-order valence-corrected chi connectivity index (χ0v) is 23.8. The van der Waals surface area contributed by atoms with Gasteiger partial charge in [0.25, 0.3) is 11.8 Å². The molecule has 2 N–H and O–H groups in total. The third kappa shape index (κ3) is 8.11. The number of rotatable bonds is 12. The van der Waals surface area contributed by atoms with E-state index in [4.69, 9.17) is 14.2 Å². The molecule has 4 aromatic carbocycles. The maximum absolute atomic E-state index is 12.8. The summed E-state index contributed by atoms with van der Waals surface area (Å²) in [6, 6.07) is 29.5. The largest absolute Gasteiger partial charge is 0.480 e. The molecule has 2 atom stereocenters. The lowest BCUT2D eigenvalue weighted by Crippen LogP contribution is -2.32. The van der Waals surface area contributed by atoms with Crippen LogP contribution in [-0.4, -0.2) is 24.0 Å². The molecule has 0 heterocycles. The molecular formula is C34H36N2O5. The standard InChI is InChI=1S/C34H36N2O5/c1-5-29(40-31-13-9-7-11-23(31)3)33(37)35-25-15-19-27(20-16-25)39-28-21-17-26(18-22-28)36-34(38)30(6-2)41-32-14-10-8-12-24(32)4/h7-22,29-30H,5-6H2,1-4H3,(H,35,37)(H,36,38). The lowest BCUT2D eigenvalue weighted by Gasteiger charge is -2.19. The second kappa shape index (κ2) is 14.0. The molecule has 0 fully saturated rings. The van der Waals surface area contributed by atoms with Gasteiger partial charge in [0.2, 0.25) is 0 Å². The first-order valence-corrected chi connectivity index (χ1v) is 13.8. The van der Waals surface area contributed by atoms with Gasteiger partial charge in [-0.3, -0.25) is 9.59 Å². The number of anilines is 2. The van der Waals surface area contributed by atoms with Crippen LogP contribution in [0.3, 0.4) is 0 Å². The summed E-state index contributed by atoms with van der Waals surface area (Å²) in [7, 11) is 0. The predicted molar refractivity (Wildman–Crippen MR) is 162 cm³/mol. The van der Waals surface area contributed by atoms with Crippen molar-refractivity contribution in [3.8, 4) is 23.0 Å². The van der Waals surface area contributed by atoms with Crippen LogP contribution in [0.15, 0.2) is 97.1 Å². The highest BCUT2D eigenvalue weighted by molar-refractivity contribution is 5.95. The van der Waals surface area contributed by atoms with E-state index in [9.17, 15) is 9.59 Å². The van der Waals surface area contributed by atoms with Crippen molar-refractivity contribution < 1.29 is 23.8 Å². The molecule has 7 heteroatoms. The molecule has 0 radical (unpaired) electrons. The molecule has 41 heavy (non-hydrogen) atoms. The monoisotopic (exact) mass is 552 g/mol. The zero-order valence-electron chi connectivity index (χ0n) is 23.8. The normalized spacial score (nSPS) is 12.1. The number of carbonyl (C=O) groups is 2. The van der Waals surface area contributed by atoms with Crippen LogP contribution in [0.2, 0.25) is 0 Å². The summed E-state index contributed by atoms with van der Waals surface area (Å²) in [6.07, 6.45) is -0.131. The Morgan fingerprint density at radius 3 is 1.29 bits per heavy atom. The van der Waals surface area contributed by atoms with Crippen LogP contribution in [0.25, 0.3) is 0 Å². The Bertz CT molecular complexity index is 1340. The Morgan fingerprint density at radius 2 is 0.951 bits per heavy atom. The van der Waals surface area contributed by atoms with Gasteiger partial charge >= 0.3 is 0 Å². The highest BCUT2D eigenvalue weighted by Gasteiger charge is 2.20. The van der Waals surface area contributed by atoms with Crippen LogP contribution in [-0.2, 0) is 9.59 Å². The van der Waals surface area contributed by atoms with Gasteiger partial charge < -0.3 is 24.8 Å². The van der Waals surface area contributed by atoms with Crippen LogP contribution in [0.4, 0.5) is 11.4 Å². The molecule has 0 aliphatic rings.